The van der Waals surface area contributed by atoms with E-state index in [2.05, 4.69) is 12.2 Å². The van der Waals surface area contributed by atoms with Crippen molar-refractivity contribution in [2.75, 3.05) is 11.9 Å². The summed E-state index contributed by atoms with van der Waals surface area (Å²) in [4.78, 5) is 40.2. The minimum atomic E-state index is -1.26. The Morgan fingerprint density at radius 2 is 1.89 bits per heavy atom. The van der Waals surface area contributed by atoms with Gasteiger partial charge in [-0.1, -0.05) is 43.3 Å². The number of ether oxygens (including phenoxy) is 2. The van der Waals surface area contributed by atoms with E-state index in [-0.39, 0.29) is 17.9 Å². The van der Waals surface area contributed by atoms with E-state index in [1.165, 1.54) is 35.6 Å². The number of amides is 1. The molecule has 1 aliphatic carbocycles. The number of nitrogens with one attached hydrogen (secondary N) is 1. The average molecular weight is 494 g/mol. The highest BCUT2D eigenvalue weighted by atomic mass is 32.1. The highest BCUT2D eigenvalue weighted by molar-refractivity contribution is 7.17. The van der Waals surface area contributed by atoms with Gasteiger partial charge in [0.25, 0.3) is 5.91 Å². The van der Waals surface area contributed by atoms with Crippen LogP contribution in [0.1, 0.15) is 63.1 Å². The molecular formula is C27H27NO6S. The van der Waals surface area contributed by atoms with Crippen molar-refractivity contribution < 1.29 is 29.0 Å². The molecule has 1 aromatic heterocycles. The lowest BCUT2D eigenvalue weighted by atomic mass is 9.88. The lowest BCUT2D eigenvalue weighted by Crippen LogP contribution is -2.26. The molecule has 1 heterocycles. The standard InChI is InChI=1S/C27H27NO6S/c1-3-33-27(32)22-20-13-12-16(2)14-21(20)35-25(22)28-24(30)23(17-8-5-4-6-9-17)34-26(31)18-10-7-11-19(29)15-18/h4-11,15-16,23,29H,3,12-14H2,1-2H3,(H,28,30)/t16-,23+/m1/s1. The highest BCUT2D eigenvalue weighted by Crippen LogP contribution is 2.40. The predicted molar refractivity (Wildman–Crippen MR) is 133 cm³/mol. The SMILES string of the molecule is CCOC(=O)c1c(NC(=O)[C@@H](OC(=O)c2cccc(O)c2)c2ccccc2)sc2c1CC[C@@H](C)C2. The Balaban J connectivity index is 1.65. The summed E-state index contributed by atoms with van der Waals surface area (Å²) in [6, 6.07) is 14.4. The number of phenols is 1. The summed E-state index contributed by atoms with van der Waals surface area (Å²) < 4.78 is 10.9. The van der Waals surface area contributed by atoms with E-state index in [0.717, 1.165) is 29.7 Å². The van der Waals surface area contributed by atoms with Crippen molar-refractivity contribution in [3.63, 3.8) is 0 Å². The summed E-state index contributed by atoms with van der Waals surface area (Å²) in [6.45, 7) is 4.13. The molecule has 8 heteroatoms. The first kappa shape index (κ1) is 24.5. The molecule has 2 aromatic carbocycles. The van der Waals surface area contributed by atoms with Crippen molar-refractivity contribution in [2.24, 2.45) is 5.92 Å². The molecule has 0 unspecified atom stereocenters. The summed E-state index contributed by atoms with van der Waals surface area (Å²) >= 11 is 1.37. The third kappa shape index (κ3) is 5.54. The van der Waals surface area contributed by atoms with Gasteiger partial charge in [0, 0.05) is 10.4 Å². The summed E-state index contributed by atoms with van der Waals surface area (Å²) in [5.74, 6) is -1.41. The molecule has 0 fully saturated rings. The van der Waals surface area contributed by atoms with Gasteiger partial charge in [0.15, 0.2) is 0 Å². The van der Waals surface area contributed by atoms with Crippen molar-refractivity contribution in [1.29, 1.82) is 0 Å². The molecule has 3 aromatic rings. The zero-order chi connectivity index (χ0) is 24.9. The third-order valence-corrected chi connectivity index (χ3v) is 7.04. The minimum Gasteiger partial charge on any atom is -0.508 e. The Hall–Kier alpha value is -3.65. The van der Waals surface area contributed by atoms with E-state index in [1.807, 2.05) is 0 Å². The van der Waals surface area contributed by atoms with E-state index < -0.39 is 23.9 Å². The zero-order valence-electron chi connectivity index (χ0n) is 19.6. The van der Waals surface area contributed by atoms with Gasteiger partial charge in [0.2, 0.25) is 6.10 Å². The van der Waals surface area contributed by atoms with Crippen LogP contribution in [-0.2, 0) is 27.1 Å². The van der Waals surface area contributed by atoms with E-state index in [1.54, 1.807) is 37.3 Å². The summed E-state index contributed by atoms with van der Waals surface area (Å²) in [6.07, 6.45) is 1.26. The molecule has 1 aliphatic rings. The van der Waals surface area contributed by atoms with Crippen LogP contribution in [0.2, 0.25) is 0 Å². The molecule has 7 nitrogen and oxygen atoms in total. The Kier molecular flexibility index (Phi) is 7.51. The van der Waals surface area contributed by atoms with Crippen LogP contribution in [0.4, 0.5) is 5.00 Å². The van der Waals surface area contributed by atoms with Crippen molar-refractivity contribution in [3.8, 4) is 5.75 Å². The van der Waals surface area contributed by atoms with E-state index in [0.29, 0.717) is 22.0 Å². The molecule has 2 N–H and O–H groups in total. The number of rotatable bonds is 7. The van der Waals surface area contributed by atoms with Gasteiger partial charge in [-0.3, -0.25) is 4.79 Å². The summed E-state index contributed by atoms with van der Waals surface area (Å²) in [5.41, 5.74) is 1.91. The predicted octanol–water partition coefficient (Wildman–Crippen LogP) is 5.29. The van der Waals surface area contributed by atoms with Crippen molar-refractivity contribution in [2.45, 2.75) is 39.2 Å². The first-order chi connectivity index (χ1) is 16.9. The van der Waals surface area contributed by atoms with E-state index >= 15 is 0 Å². The number of fused-ring (bicyclic) bond motifs is 1. The fourth-order valence-corrected chi connectivity index (χ4v) is 5.55. The van der Waals surface area contributed by atoms with Crippen LogP contribution < -0.4 is 5.32 Å². The van der Waals surface area contributed by atoms with Gasteiger partial charge in [-0.15, -0.1) is 11.3 Å². The maximum absolute atomic E-state index is 13.5. The summed E-state index contributed by atoms with van der Waals surface area (Å²) in [7, 11) is 0. The second kappa shape index (κ2) is 10.7. The Morgan fingerprint density at radius 3 is 2.60 bits per heavy atom. The second-order valence-electron chi connectivity index (χ2n) is 8.51. The molecule has 0 bridgehead atoms. The molecule has 2 atom stereocenters. The molecule has 0 saturated heterocycles. The van der Waals surface area contributed by atoms with Gasteiger partial charge in [-0.25, -0.2) is 9.59 Å². The number of benzene rings is 2. The van der Waals surface area contributed by atoms with Crippen LogP contribution >= 0.6 is 11.3 Å². The van der Waals surface area contributed by atoms with Gasteiger partial charge >= 0.3 is 11.9 Å². The van der Waals surface area contributed by atoms with Crippen LogP contribution in [0.3, 0.4) is 0 Å². The number of hydrogen-bond acceptors (Lipinski definition) is 7. The fourth-order valence-electron chi connectivity index (χ4n) is 4.14. The number of carbonyl (C=O) groups is 3. The Morgan fingerprint density at radius 1 is 1.11 bits per heavy atom. The van der Waals surface area contributed by atoms with Crippen LogP contribution in [-0.4, -0.2) is 29.6 Å². The van der Waals surface area contributed by atoms with Crippen molar-refractivity contribution in [3.05, 3.63) is 81.7 Å². The van der Waals surface area contributed by atoms with Crippen LogP contribution in [0.5, 0.6) is 5.75 Å². The molecule has 0 aliphatic heterocycles. The number of aromatic hydroxyl groups is 1. The number of anilines is 1. The largest absolute Gasteiger partial charge is 0.508 e. The summed E-state index contributed by atoms with van der Waals surface area (Å²) in [5, 5.41) is 13.0. The minimum absolute atomic E-state index is 0.0855. The maximum atomic E-state index is 13.5. The van der Waals surface area contributed by atoms with E-state index in [9.17, 15) is 19.5 Å². The second-order valence-corrected chi connectivity index (χ2v) is 9.62. The quantitative estimate of drug-likeness (QED) is 0.434. The normalized spacial score (nSPS) is 15.5. The first-order valence-electron chi connectivity index (χ1n) is 11.5. The third-order valence-electron chi connectivity index (χ3n) is 5.88. The van der Waals surface area contributed by atoms with Gasteiger partial charge < -0.3 is 19.9 Å². The number of thiophene rings is 1. The fraction of sp³-hybridized carbons (Fsp3) is 0.296. The van der Waals surface area contributed by atoms with Gasteiger partial charge in [-0.05, 0) is 55.9 Å². The molecule has 0 radical (unpaired) electrons. The van der Waals surface area contributed by atoms with Crippen molar-refractivity contribution in [1.82, 2.24) is 0 Å². The Bertz CT molecular complexity index is 1240. The smallest absolute Gasteiger partial charge is 0.341 e. The first-order valence-corrected chi connectivity index (χ1v) is 12.4. The van der Waals surface area contributed by atoms with Crippen LogP contribution in [0.25, 0.3) is 0 Å². The van der Waals surface area contributed by atoms with Gasteiger partial charge in [0.1, 0.15) is 10.8 Å². The monoisotopic (exact) mass is 493 g/mol. The highest BCUT2D eigenvalue weighted by Gasteiger charge is 2.32. The number of esters is 2. The molecule has 0 saturated carbocycles. The molecule has 1 amide bonds. The molecule has 35 heavy (non-hydrogen) atoms. The lowest BCUT2D eigenvalue weighted by Gasteiger charge is -2.19. The number of phenolic OH excluding ortho intramolecular Hbond substituents is 1. The molecule has 4 rings (SSSR count). The van der Waals surface area contributed by atoms with Gasteiger partial charge in [0.05, 0.1) is 17.7 Å². The maximum Gasteiger partial charge on any atom is 0.341 e. The Labute approximate surface area is 207 Å². The topological polar surface area (TPSA) is 102 Å². The number of hydrogen-bond donors (Lipinski definition) is 2. The van der Waals surface area contributed by atoms with Crippen molar-refractivity contribution >= 4 is 34.2 Å². The average Bonchev–Trinajstić information content (AvgIpc) is 3.19. The van der Waals surface area contributed by atoms with E-state index in [4.69, 9.17) is 9.47 Å². The van der Waals surface area contributed by atoms with Gasteiger partial charge in [-0.2, -0.15) is 0 Å². The van der Waals surface area contributed by atoms with Crippen LogP contribution in [0, 0.1) is 5.92 Å². The molecule has 0 spiro atoms. The lowest BCUT2D eigenvalue weighted by molar-refractivity contribution is -0.125. The molecular weight excluding hydrogens is 466 g/mol. The molecule has 182 valence electrons. The number of carbonyl (C=O) groups excluding carboxylic acids is 3. The zero-order valence-corrected chi connectivity index (χ0v) is 20.4. The van der Waals surface area contributed by atoms with Crippen LogP contribution in [0.15, 0.2) is 54.6 Å².